The lowest BCUT2D eigenvalue weighted by atomic mass is 10.4. The Morgan fingerprint density at radius 1 is 1.52 bits per heavy atom. The molecule has 0 unspecified atom stereocenters. The van der Waals surface area contributed by atoms with Crippen molar-refractivity contribution in [2.75, 3.05) is 10.1 Å². The van der Waals surface area contributed by atoms with Crippen LogP contribution in [0, 0.1) is 17.0 Å². The number of nitrogens with one attached hydrogen (secondary N) is 2. The molecule has 12 heteroatoms. The Bertz CT molecular complexity index is 793. The molecule has 2 aromatic heterocycles. The molecule has 4 N–H and O–H groups in total. The van der Waals surface area contributed by atoms with Crippen LogP contribution in [-0.4, -0.2) is 23.1 Å². The number of anilines is 2. The zero-order valence-corrected chi connectivity index (χ0v) is 12.7. The molecule has 0 amide bonds. The first-order valence-electron chi connectivity index (χ1n) is 5.52. The second-order valence-electron chi connectivity index (χ2n) is 4.09. The number of aromatic nitrogens is 2. The zero-order chi connectivity index (χ0) is 15.8. The number of nitrogens with zero attached hydrogens (tertiary/aromatic N) is 3. The first kappa shape index (κ1) is 15.2. The molecule has 0 saturated heterocycles. The molecule has 0 atom stereocenters. The highest BCUT2D eigenvalue weighted by Crippen LogP contribution is 2.37. The number of nitrogen functional groups attached to an aromatic ring is 1. The Labute approximate surface area is 123 Å². The van der Waals surface area contributed by atoms with Crippen molar-refractivity contribution in [3.8, 4) is 0 Å². The van der Waals surface area contributed by atoms with E-state index in [-0.39, 0.29) is 9.21 Å². The topological polar surface area (TPSA) is 145 Å². The highest BCUT2D eigenvalue weighted by Gasteiger charge is 2.26. The SMILES string of the molecule is Cc1nn(C)cc1NS(=O)(=O)c1cc([N+](=O)[O-])c(NN)s1. The van der Waals surface area contributed by atoms with Crippen LogP contribution >= 0.6 is 11.3 Å². The van der Waals surface area contributed by atoms with E-state index in [9.17, 15) is 18.5 Å². The minimum absolute atomic E-state index is 0.0386. The Balaban J connectivity index is 2.40. The van der Waals surface area contributed by atoms with E-state index in [0.29, 0.717) is 22.7 Å². The predicted molar refractivity (Wildman–Crippen MR) is 77.5 cm³/mol. The van der Waals surface area contributed by atoms with E-state index < -0.39 is 20.6 Å². The Kier molecular flexibility index (Phi) is 3.85. The van der Waals surface area contributed by atoms with Gasteiger partial charge in [-0.2, -0.15) is 5.10 Å². The summed E-state index contributed by atoms with van der Waals surface area (Å²) in [5.41, 5.74) is 2.51. The van der Waals surface area contributed by atoms with Gasteiger partial charge >= 0.3 is 5.69 Å². The third-order valence-corrected chi connectivity index (χ3v) is 5.43. The lowest BCUT2D eigenvalue weighted by Gasteiger charge is -2.03. The van der Waals surface area contributed by atoms with Crippen LogP contribution in [0.1, 0.15) is 5.69 Å². The maximum atomic E-state index is 12.2. The summed E-state index contributed by atoms with van der Waals surface area (Å²) in [6.45, 7) is 1.64. The normalized spacial score (nSPS) is 11.4. The molecule has 0 aliphatic rings. The van der Waals surface area contributed by atoms with Gasteiger partial charge in [-0.1, -0.05) is 11.3 Å². The number of rotatable bonds is 5. The molecular weight excluding hydrogens is 320 g/mol. The van der Waals surface area contributed by atoms with Crippen molar-refractivity contribution in [3.05, 3.63) is 28.1 Å². The van der Waals surface area contributed by atoms with Crippen molar-refractivity contribution in [2.24, 2.45) is 12.9 Å². The highest BCUT2D eigenvalue weighted by molar-refractivity contribution is 7.94. The van der Waals surface area contributed by atoms with Gasteiger partial charge in [0.2, 0.25) is 0 Å². The van der Waals surface area contributed by atoms with E-state index in [2.05, 4.69) is 15.2 Å². The van der Waals surface area contributed by atoms with E-state index in [1.165, 1.54) is 10.9 Å². The molecule has 21 heavy (non-hydrogen) atoms. The Hall–Kier alpha value is -2.18. The van der Waals surface area contributed by atoms with Gasteiger partial charge in [-0.3, -0.25) is 19.5 Å². The fourth-order valence-electron chi connectivity index (χ4n) is 1.63. The van der Waals surface area contributed by atoms with Crippen molar-refractivity contribution >= 4 is 37.7 Å². The average molecular weight is 332 g/mol. The van der Waals surface area contributed by atoms with Gasteiger partial charge in [-0.15, -0.1) is 0 Å². The second-order valence-corrected chi connectivity index (χ2v) is 7.05. The van der Waals surface area contributed by atoms with Crippen molar-refractivity contribution in [1.82, 2.24) is 9.78 Å². The first-order valence-corrected chi connectivity index (χ1v) is 7.82. The minimum Gasteiger partial charge on any atom is -0.310 e. The Morgan fingerprint density at radius 3 is 2.62 bits per heavy atom. The van der Waals surface area contributed by atoms with E-state index >= 15 is 0 Å². The van der Waals surface area contributed by atoms with Crippen LogP contribution in [0.15, 0.2) is 16.5 Å². The standard InChI is InChI=1S/C9H12N6O4S2/c1-5-6(4-14(2)12-5)13-21(18,19)8-3-7(15(16)17)9(11-10)20-8/h3-4,11,13H,10H2,1-2H3. The van der Waals surface area contributed by atoms with Crippen LogP contribution in [0.5, 0.6) is 0 Å². The monoisotopic (exact) mass is 332 g/mol. The maximum Gasteiger partial charge on any atom is 0.306 e. The molecular formula is C9H12N6O4S2. The fourth-order valence-corrected chi connectivity index (χ4v) is 3.97. The molecule has 0 aromatic carbocycles. The minimum atomic E-state index is -3.95. The number of hydrogen-bond donors (Lipinski definition) is 3. The van der Waals surface area contributed by atoms with Crippen LogP contribution in [-0.2, 0) is 17.1 Å². The van der Waals surface area contributed by atoms with Crippen molar-refractivity contribution in [3.63, 3.8) is 0 Å². The second kappa shape index (κ2) is 5.31. The molecule has 0 fully saturated rings. The third-order valence-electron chi connectivity index (χ3n) is 2.54. The number of thiophene rings is 1. The van der Waals surface area contributed by atoms with E-state index in [1.54, 1.807) is 14.0 Å². The summed E-state index contributed by atoms with van der Waals surface area (Å²) in [4.78, 5) is 10.1. The van der Waals surface area contributed by atoms with Crippen molar-refractivity contribution in [1.29, 1.82) is 0 Å². The summed E-state index contributed by atoms with van der Waals surface area (Å²) >= 11 is 0.671. The van der Waals surface area contributed by atoms with Crippen LogP contribution in [0.4, 0.5) is 16.4 Å². The molecule has 0 aliphatic heterocycles. The van der Waals surface area contributed by atoms with Gasteiger partial charge in [0.15, 0.2) is 5.00 Å². The summed E-state index contributed by atoms with van der Waals surface area (Å²) in [5, 5.41) is 14.8. The summed E-state index contributed by atoms with van der Waals surface area (Å²) in [6, 6.07) is 0.952. The molecule has 0 saturated carbocycles. The molecule has 0 spiro atoms. The number of nitro groups is 1. The van der Waals surface area contributed by atoms with Gasteiger partial charge in [-0.05, 0) is 6.92 Å². The van der Waals surface area contributed by atoms with Crippen LogP contribution in [0.25, 0.3) is 0 Å². The summed E-state index contributed by atoms with van der Waals surface area (Å²) < 4.78 is 28.0. The summed E-state index contributed by atoms with van der Waals surface area (Å²) in [5.74, 6) is 5.15. The van der Waals surface area contributed by atoms with E-state index in [4.69, 9.17) is 5.84 Å². The molecule has 2 rings (SSSR count). The smallest absolute Gasteiger partial charge is 0.306 e. The number of sulfonamides is 1. The molecule has 0 aliphatic carbocycles. The first-order chi connectivity index (χ1) is 9.74. The van der Waals surface area contributed by atoms with Gasteiger partial charge in [0, 0.05) is 19.3 Å². The fraction of sp³-hybridized carbons (Fsp3) is 0.222. The molecule has 2 heterocycles. The van der Waals surface area contributed by atoms with Gasteiger partial charge < -0.3 is 5.43 Å². The zero-order valence-electron chi connectivity index (χ0n) is 11.0. The summed E-state index contributed by atoms with van der Waals surface area (Å²) in [6.07, 6.45) is 1.50. The van der Waals surface area contributed by atoms with Gasteiger partial charge in [0.1, 0.15) is 4.21 Å². The Morgan fingerprint density at radius 2 is 2.19 bits per heavy atom. The van der Waals surface area contributed by atoms with E-state index in [0.717, 1.165) is 6.07 Å². The molecule has 10 nitrogen and oxygen atoms in total. The van der Waals surface area contributed by atoms with Crippen LogP contribution < -0.4 is 16.0 Å². The lowest BCUT2D eigenvalue weighted by Crippen LogP contribution is -2.11. The van der Waals surface area contributed by atoms with E-state index in [1.807, 2.05) is 0 Å². The number of hydrogen-bond acceptors (Lipinski definition) is 8. The van der Waals surface area contributed by atoms with Crippen LogP contribution in [0.3, 0.4) is 0 Å². The van der Waals surface area contributed by atoms with Crippen molar-refractivity contribution < 1.29 is 13.3 Å². The molecule has 0 radical (unpaired) electrons. The molecule has 0 bridgehead atoms. The third kappa shape index (κ3) is 2.96. The summed E-state index contributed by atoms with van der Waals surface area (Å²) in [7, 11) is -2.30. The predicted octanol–water partition coefficient (Wildman–Crippen LogP) is 0.785. The van der Waals surface area contributed by atoms with Gasteiger partial charge in [0.05, 0.1) is 16.3 Å². The van der Waals surface area contributed by atoms with Crippen molar-refractivity contribution in [2.45, 2.75) is 11.1 Å². The number of hydrazine groups is 1. The maximum absolute atomic E-state index is 12.2. The van der Waals surface area contributed by atoms with Crippen LogP contribution in [0.2, 0.25) is 0 Å². The van der Waals surface area contributed by atoms with Gasteiger partial charge in [0.25, 0.3) is 10.0 Å². The highest BCUT2D eigenvalue weighted by atomic mass is 32.2. The largest absolute Gasteiger partial charge is 0.310 e. The number of nitrogens with two attached hydrogens (primary N) is 1. The lowest BCUT2D eigenvalue weighted by molar-refractivity contribution is -0.383. The number of aryl methyl sites for hydroxylation is 2. The average Bonchev–Trinajstić information content (AvgIpc) is 2.93. The van der Waals surface area contributed by atoms with Gasteiger partial charge in [-0.25, -0.2) is 14.3 Å². The molecule has 2 aromatic rings. The molecule has 114 valence electrons. The quantitative estimate of drug-likeness (QED) is 0.417.